The van der Waals surface area contributed by atoms with Crippen LogP contribution in [0.1, 0.15) is 68.8 Å². The number of fused-ring (bicyclic) bond motifs is 1. The zero-order valence-electron chi connectivity index (χ0n) is 24.9. The van der Waals surface area contributed by atoms with Gasteiger partial charge in [0.25, 0.3) is 0 Å². The molecule has 10 heteroatoms. The van der Waals surface area contributed by atoms with Crippen LogP contribution in [0, 0.1) is 11.3 Å². The number of rotatable bonds is 8. The minimum absolute atomic E-state index is 0.0424. The molecule has 0 saturated carbocycles. The van der Waals surface area contributed by atoms with Gasteiger partial charge in [-0.15, -0.1) is 11.3 Å². The van der Waals surface area contributed by atoms with Gasteiger partial charge in [0.1, 0.15) is 12.6 Å². The van der Waals surface area contributed by atoms with Crippen LogP contribution in [0.5, 0.6) is 0 Å². The van der Waals surface area contributed by atoms with Crippen molar-refractivity contribution in [3.8, 4) is 11.3 Å². The number of nitrogens with two attached hydrogens (primary N) is 1. The van der Waals surface area contributed by atoms with Gasteiger partial charge in [0.05, 0.1) is 17.7 Å². The molecule has 0 radical (unpaired) electrons. The molecule has 222 valence electrons. The van der Waals surface area contributed by atoms with Crippen molar-refractivity contribution in [3.63, 3.8) is 0 Å². The van der Waals surface area contributed by atoms with Crippen LogP contribution in [0.4, 0.5) is 5.13 Å². The number of thiazole rings is 1. The fourth-order valence-corrected chi connectivity index (χ4v) is 7.41. The first-order valence-electron chi connectivity index (χ1n) is 14.7. The Bertz CT molecular complexity index is 1300. The lowest BCUT2D eigenvalue weighted by Crippen LogP contribution is -2.45. The number of Topliss-reactive ketones (excluding diaryl/α,β-unsaturated/α-hetero) is 1. The van der Waals surface area contributed by atoms with Crippen molar-refractivity contribution in [1.82, 2.24) is 14.8 Å². The van der Waals surface area contributed by atoms with E-state index in [1.165, 1.54) is 0 Å². The van der Waals surface area contributed by atoms with Gasteiger partial charge in [0.2, 0.25) is 11.8 Å². The molecule has 2 N–H and O–H groups in total. The van der Waals surface area contributed by atoms with Crippen LogP contribution in [0.25, 0.3) is 11.3 Å². The SMILES string of the molecule is CCC[C@@H]1CN(C(=O)[C@@H](CC(C)(C)C)c2cc(-c3csc(N4CCN(C)CC4)n3)ccc2C(N)=O)[C@@H]2C(=O)CO[C@H]12. The average Bonchev–Trinajstić information content (AvgIpc) is 3.65. The average molecular weight is 582 g/mol. The molecule has 3 saturated heterocycles. The van der Waals surface area contributed by atoms with E-state index in [0.29, 0.717) is 24.1 Å². The lowest BCUT2D eigenvalue weighted by atomic mass is 9.78. The van der Waals surface area contributed by atoms with Crippen molar-refractivity contribution in [1.29, 1.82) is 0 Å². The fourth-order valence-electron chi connectivity index (χ4n) is 6.52. The van der Waals surface area contributed by atoms with E-state index in [-0.39, 0.29) is 35.7 Å². The van der Waals surface area contributed by atoms with E-state index in [0.717, 1.165) is 55.4 Å². The lowest BCUT2D eigenvalue weighted by Gasteiger charge is -2.32. The molecule has 4 atom stereocenters. The van der Waals surface area contributed by atoms with Crippen molar-refractivity contribution >= 4 is 34.1 Å². The van der Waals surface area contributed by atoms with Crippen LogP contribution in [-0.4, -0.2) is 90.9 Å². The monoisotopic (exact) mass is 581 g/mol. The maximum atomic E-state index is 14.5. The quantitative estimate of drug-likeness (QED) is 0.505. The van der Waals surface area contributed by atoms with Crippen molar-refractivity contribution < 1.29 is 19.1 Å². The van der Waals surface area contributed by atoms with Crippen LogP contribution < -0.4 is 10.6 Å². The number of likely N-dealkylation sites (tertiary alicyclic amines) is 1. The van der Waals surface area contributed by atoms with Gasteiger partial charge in [-0.1, -0.05) is 40.2 Å². The summed E-state index contributed by atoms with van der Waals surface area (Å²) in [5, 5.41) is 3.01. The number of piperazine rings is 1. The van der Waals surface area contributed by atoms with Crippen LogP contribution >= 0.6 is 11.3 Å². The van der Waals surface area contributed by atoms with E-state index in [2.05, 4.69) is 44.5 Å². The first kappa shape index (κ1) is 29.7. The maximum absolute atomic E-state index is 14.5. The van der Waals surface area contributed by atoms with Gasteiger partial charge in [0.15, 0.2) is 10.9 Å². The maximum Gasteiger partial charge on any atom is 0.249 e. The highest BCUT2D eigenvalue weighted by molar-refractivity contribution is 7.14. The summed E-state index contributed by atoms with van der Waals surface area (Å²) < 4.78 is 5.89. The number of primary amides is 1. The van der Waals surface area contributed by atoms with E-state index < -0.39 is 17.9 Å². The number of hydrogen-bond donors (Lipinski definition) is 1. The molecular weight excluding hydrogens is 538 g/mol. The molecule has 2 amide bonds. The number of amides is 2. The van der Waals surface area contributed by atoms with E-state index >= 15 is 0 Å². The third kappa shape index (κ3) is 6.20. The second-order valence-corrected chi connectivity index (χ2v) is 13.9. The molecule has 0 aliphatic carbocycles. The number of likely N-dealkylation sites (N-methyl/N-ethyl adjacent to an activating group) is 1. The standard InChI is InChI=1S/C31H43N5O4S/c1-6-7-20-16-36(26-25(37)17-40-27(20)26)29(39)23(15-31(2,3)4)22-14-19(8-9-21(22)28(32)38)24-18-41-30(33-24)35-12-10-34(5)11-13-35/h8-9,14,18,20,23,26-27H,6-7,10-13,15-17H2,1-5H3,(H2,32,38)/t20-,23+,26-,27-/m1/s1. The number of nitrogens with zero attached hydrogens (tertiary/aromatic N) is 4. The molecule has 5 rings (SSSR count). The summed E-state index contributed by atoms with van der Waals surface area (Å²) in [5.74, 6) is -1.26. The molecule has 4 heterocycles. The molecule has 1 aromatic carbocycles. The summed E-state index contributed by atoms with van der Waals surface area (Å²) >= 11 is 1.61. The Kier molecular flexibility index (Phi) is 8.55. The normalized spacial score (nSPS) is 24.1. The zero-order chi connectivity index (χ0) is 29.5. The Labute approximate surface area is 247 Å². The number of ketones is 1. The number of carbonyl (C=O) groups is 3. The van der Waals surface area contributed by atoms with E-state index in [4.69, 9.17) is 15.5 Å². The molecule has 41 heavy (non-hydrogen) atoms. The molecule has 3 aliphatic rings. The number of hydrogen-bond acceptors (Lipinski definition) is 8. The van der Waals surface area contributed by atoms with E-state index in [9.17, 15) is 14.4 Å². The predicted molar refractivity (Wildman–Crippen MR) is 161 cm³/mol. The van der Waals surface area contributed by atoms with Crippen molar-refractivity contribution in [2.45, 2.75) is 65.0 Å². The fraction of sp³-hybridized carbons (Fsp3) is 0.613. The third-order valence-corrected chi connectivity index (χ3v) is 9.50. The highest BCUT2D eigenvalue weighted by Gasteiger charge is 2.53. The van der Waals surface area contributed by atoms with Gasteiger partial charge in [-0.05, 0) is 43.0 Å². The number of anilines is 1. The van der Waals surface area contributed by atoms with Crippen LogP contribution in [0.3, 0.4) is 0 Å². The molecule has 9 nitrogen and oxygen atoms in total. The topological polar surface area (TPSA) is 109 Å². The summed E-state index contributed by atoms with van der Waals surface area (Å²) in [7, 11) is 2.13. The minimum atomic E-state index is -0.636. The van der Waals surface area contributed by atoms with Gasteiger partial charge in [-0.25, -0.2) is 4.98 Å². The summed E-state index contributed by atoms with van der Waals surface area (Å²) in [4.78, 5) is 51.4. The summed E-state index contributed by atoms with van der Waals surface area (Å²) in [6, 6.07) is 4.94. The predicted octanol–water partition coefficient (Wildman–Crippen LogP) is 3.78. The summed E-state index contributed by atoms with van der Waals surface area (Å²) in [6.45, 7) is 12.7. The second-order valence-electron chi connectivity index (χ2n) is 13.0. The number of aromatic nitrogens is 1. The highest BCUT2D eigenvalue weighted by atomic mass is 32.1. The molecule has 2 aromatic rings. The Balaban J connectivity index is 1.51. The number of carbonyl (C=O) groups excluding carboxylic acids is 3. The molecule has 0 spiro atoms. The lowest BCUT2D eigenvalue weighted by molar-refractivity contribution is -0.138. The number of ether oxygens (including phenoxy) is 1. The molecule has 3 aliphatic heterocycles. The van der Waals surface area contributed by atoms with Gasteiger partial charge in [-0.3, -0.25) is 14.4 Å². The Hall–Kier alpha value is -2.82. The Morgan fingerprint density at radius 2 is 1.93 bits per heavy atom. The van der Waals surface area contributed by atoms with Crippen LogP contribution in [0.15, 0.2) is 23.6 Å². The first-order chi connectivity index (χ1) is 19.5. The Morgan fingerprint density at radius 1 is 1.20 bits per heavy atom. The zero-order valence-corrected chi connectivity index (χ0v) is 25.7. The molecule has 0 bridgehead atoms. The van der Waals surface area contributed by atoms with Gasteiger partial charge in [-0.2, -0.15) is 0 Å². The first-order valence-corrected chi connectivity index (χ1v) is 15.6. The summed E-state index contributed by atoms with van der Waals surface area (Å²) in [5.41, 5.74) is 8.25. The smallest absolute Gasteiger partial charge is 0.249 e. The minimum Gasteiger partial charge on any atom is -0.367 e. The van der Waals surface area contributed by atoms with Gasteiger partial charge >= 0.3 is 0 Å². The van der Waals surface area contributed by atoms with Crippen LogP contribution in [0.2, 0.25) is 0 Å². The number of benzene rings is 1. The molecular formula is C31H43N5O4S. The van der Waals surface area contributed by atoms with Crippen LogP contribution in [-0.2, 0) is 14.3 Å². The highest BCUT2D eigenvalue weighted by Crippen LogP contribution is 2.41. The van der Waals surface area contributed by atoms with Crippen molar-refractivity contribution in [3.05, 3.63) is 34.7 Å². The van der Waals surface area contributed by atoms with Crippen molar-refractivity contribution in [2.24, 2.45) is 17.1 Å². The molecule has 0 unspecified atom stereocenters. The Morgan fingerprint density at radius 3 is 2.59 bits per heavy atom. The summed E-state index contributed by atoms with van der Waals surface area (Å²) in [6.07, 6.45) is 2.09. The van der Waals surface area contributed by atoms with Gasteiger partial charge in [0, 0.05) is 55.1 Å². The van der Waals surface area contributed by atoms with E-state index in [1.54, 1.807) is 22.3 Å². The largest absolute Gasteiger partial charge is 0.367 e. The van der Waals surface area contributed by atoms with Gasteiger partial charge < -0.3 is 25.2 Å². The third-order valence-electron chi connectivity index (χ3n) is 8.60. The molecule has 1 aromatic heterocycles. The van der Waals surface area contributed by atoms with E-state index in [1.807, 2.05) is 17.5 Å². The second kappa shape index (κ2) is 11.8. The molecule has 3 fully saturated rings. The van der Waals surface area contributed by atoms with Crippen molar-refractivity contribution in [2.75, 3.05) is 51.3 Å².